The van der Waals surface area contributed by atoms with Crippen LogP contribution >= 0.6 is 11.3 Å². The van der Waals surface area contributed by atoms with E-state index < -0.39 is 0 Å². The van der Waals surface area contributed by atoms with Crippen LogP contribution in [0.15, 0.2) is 30.3 Å². The van der Waals surface area contributed by atoms with Crippen molar-refractivity contribution in [3.05, 3.63) is 35.9 Å². The van der Waals surface area contributed by atoms with Crippen LogP contribution in [0, 0.1) is 0 Å². The minimum absolute atomic E-state index is 0.241. The molecule has 2 N–H and O–H groups in total. The van der Waals surface area contributed by atoms with E-state index >= 15 is 0 Å². The van der Waals surface area contributed by atoms with Gasteiger partial charge in [-0.05, 0) is 18.5 Å². The lowest BCUT2D eigenvalue weighted by Crippen LogP contribution is -2.46. The summed E-state index contributed by atoms with van der Waals surface area (Å²) >= 11 is 1.42. The number of hydrogen-bond acceptors (Lipinski definition) is 6. The standard InChI is InChI=1S/C17H24N6OS/c1-2-22-10-12-23(13-11-22)17-21-20-16(25-17)19-15(24)18-9-8-14-6-4-3-5-7-14/h3-7H,2,8-13H2,1H3,(H2,18,19,20,24). The lowest BCUT2D eigenvalue weighted by molar-refractivity contribution is 0.252. The van der Waals surface area contributed by atoms with Crippen LogP contribution in [-0.2, 0) is 6.42 Å². The van der Waals surface area contributed by atoms with Crippen LogP contribution in [0.5, 0.6) is 0 Å². The van der Waals surface area contributed by atoms with Gasteiger partial charge in [0.1, 0.15) is 0 Å². The summed E-state index contributed by atoms with van der Waals surface area (Å²) in [4.78, 5) is 16.6. The summed E-state index contributed by atoms with van der Waals surface area (Å²) in [5.41, 5.74) is 1.20. The molecule has 2 amide bonds. The number of benzene rings is 1. The number of likely N-dealkylation sites (N-methyl/N-ethyl adjacent to an activating group) is 1. The Labute approximate surface area is 152 Å². The second kappa shape index (κ2) is 8.77. The molecule has 8 heteroatoms. The molecule has 0 aliphatic carbocycles. The summed E-state index contributed by atoms with van der Waals surface area (Å²) < 4.78 is 0. The largest absolute Gasteiger partial charge is 0.344 e. The maximum Gasteiger partial charge on any atom is 0.321 e. The number of nitrogens with one attached hydrogen (secondary N) is 2. The van der Waals surface area contributed by atoms with E-state index in [9.17, 15) is 4.79 Å². The second-order valence-corrected chi connectivity index (χ2v) is 6.88. The van der Waals surface area contributed by atoms with E-state index in [4.69, 9.17) is 0 Å². The average Bonchev–Trinajstić information content (AvgIpc) is 3.11. The van der Waals surface area contributed by atoms with Crippen LogP contribution in [0.25, 0.3) is 0 Å². The number of carbonyl (C=O) groups excluding carboxylic acids is 1. The Morgan fingerprint density at radius 1 is 1.16 bits per heavy atom. The Morgan fingerprint density at radius 3 is 2.64 bits per heavy atom. The molecule has 0 spiro atoms. The number of carbonyl (C=O) groups is 1. The van der Waals surface area contributed by atoms with Crippen LogP contribution in [0.4, 0.5) is 15.1 Å². The zero-order valence-corrected chi connectivity index (χ0v) is 15.3. The van der Waals surface area contributed by atoms with Gasteiger partial charge in [0.2, 0.25) is 10.3 Å². The van der Waals surface area contributed by atoms with E-state index in [2.05, 4.69) is 49.7 Å². The van der Waals surface area contributed by atoms with E-state index in [0.717, 1.165) is 44.3 Å². The molecule has 7 nitrogen and oxygen atoms in total. The molecular formula is C17H24N6OS. The third-order valence-corrected chi connectivity index (χ3v) is 5.17. The molecule has 0 saturated carbocycles. The Hall–Kier alpha value is -2.19. The highest BCUT2D eigenvalue weighted by Gasteiger charge is 2.19. The maximum atomic E-state index is 12.0. The summed E-state index contributed by atoms with van der Waals surface area (Å²) in [5.74, 6) is 0. The molecule has 3 rings (SSSR count). The highest BCUT2D eigenvalue weighted by molar-refractivity contribution is 7.19. The molecule has 0 bridgehead atoms. The van der Waals surface area contributed by atoms with Crippen molar-refractivity contribution < 1.29 is 4.79 Å². The maximum absolute atomic E-state index is 12.0. The van der Waals surface area contributed by atoms with E-state index in [1.807, 2.05) is 18.2 Å². The zero-order chi connectivity index (χ0) is 17.5. The molecule has 0 radical (unpaired) electrons. The van der Waals surface area contributed by atoms with Crippen LogP contribution in [0.3, 0.4) is 0 Å². The predicted molar refractivity (Wildman–Crippen MR) is 101 cm³/mol. The highest BCUT2D eigenvalue weighted by atomic mass is 32.1. The fraction of sp³-hybridized carbons (Fsp3) is 0.471. The van der Waals surface area contributed by atoms with Crippen molar-refractivity contribution in [2.45, 2.75) is 13.3 Å². The zero-order valence-electron chi connectivity index (χ0n) is 14.4. The molecule has 134 valence electrons. The monoisotopic (exact) mass is 360 g/mol. The highest BCUT2D eigenvalue weighted by Crippen LogP contribution is 2.24. The Morgan fingerprint density at radius 2 is 1.92 bits per heavy atom. The molecule has 1 aliphatic rings. The Kier molecular flexibility index (Phi) is 6.19. The minimum Gasteiger partial charge on any atom is -0.344 e. The Bertz CT molecular complexity index is 669. The first-order valence-electron chi connectivity index (χ1n) is 8.64. The fourth-order valence-corrected chi connectivity index (χ4v) is 3.55. The lowest BCUT2D eigenvalue weighted by atomic mass is 10.1. The van der Waals surface area contributed by atoms with Crippen LogP contribution in [-0.4, -0.2) is 60.4 Å². The summed E-state index contributed by atoms with van der Waals surface area (Å²) in [6.07, 6.45) is 0.803. The molecule has 2 heterocycles. The molecular weight excluding hydrogens is 336 g/mol. The van der Waals surface area contributed by atoms with Gasteiger partial charge < -0.3 is 15.1 Å². The second-order valence-electron chi connectivity index (χ2n) is 5.93. The third kappa shape index (κ3) is 5.14. The van der Waals surface area contributed by atoms with Crippen molar-refractivity contribution >= 4 is 27.6 Å². The van der Waals surface area contributed by atoms with Crippen molar-refractivity contribution in [3.8, 4) is 0 Å². The SMILES string of the molecule is CCN1CCN(c2nnc(NC(=O)NCCc3ccccc3)s2)CC1. The number of amides is 2. The van der Waals surface area contributed by atoms with Gasteiger partial charge in [0.25, 0.3) is 0 Å². The lowest BCUT2D eigenvalue weighted by Gasteiger charge is -2.33. The van der Waals surface area contributed by atoms with Crippen LogP contribution in [0.1, 0.15) is 12.5 Å². The van der Waals surface area contributed by atoms with Gasteiger partial charge in [-0.25, -0.2) is 4.79 Å². The molecule has 1 aliphatic heterocycles. The van der Waals surface area contributed by atoms with E-state index in [1.54, 1.807) is 0 Å². The van der Waals surface area contributed by atoms with E-state index in [0.29, 0.717) is 11.7 Å². The molecule has 1 aromatic heterocycles. The van der Waals surface area contributed by atoms with Crippen molar-refractivity contribution in [2.24, 2.45) is 0 Å². The van der Waals surface area contributed by atoms with Gasteiger partial charge in [0.15, 0.2) is 0 Å². The normalized spacial score (nSPS) is 15.2. The van der Waals surface area contributed by atoms with E-state index in [1.165, 1.54) is 16.9 Å². The van der Waals surface area contributed by atoms with Gasteiger partial charge in [-0.3, -0.25) is 5.32 Å². The van der Waals surface area contributed by atoms with Gasteiger partial charge in [0.05, 0.1) is 0 Å². The van der Waals surface area contributed by atoms with Gasteiger partial charge in [-0.2, -0.15) is 0 Å². The van der Waals surface area contributed by atoms with Crippen molar-refractivity contribution in [2.75, 3.05) is 49.5 Å². The molecule has 0 unspecified atom stereocenters. The third-order valence-electron chi connectivity index (χ3n) is 4.27. The van der Waals surface area contributed by atoms with Gasteiger partial charge >= 0.3 is 6.03 Å². The number of aromatic nitrogens is 2. The minimum atomic E-state index is -0.241. The smallest absolute Gasteiger partial charge is 0.321 e. The predicted octanol–water partition coefficient (Wildman–Crippen LogP) is 2.04. The van der Waals surface area contributed by atoms with Gasteiger partial charge in [0, 0.05) is 32.7 Å². The number of hydrogen-bond donors (Lipinski definition) is 2. The first kappa shape index (κ1) is 17.6. The molecule has 25 heavy (non-hydrogen) atoms. The fourth-order valence-electron chi connectivity index (χ4n) is 2.76. The molecule has 1 aromatic carbocycles. The number of piperazine rings is 1. The number of anilines is 2. The number of rotatable bonds is 6. The number of nitrogens with zero attached hydrogens (tertiary/aromatic N) is 4. The summed E-state index contributed by atoms with van der Waals surface area (Å²) in [6, 6.07) is 9.84. The first-order valence-corrected chi connectivity index (χ1v) is 9.46. The van der Waals surface area contributed by atoms with Crippen molar-refractivity contribution in [1.82, 2.24) is 20.4 Å². The first-order chi connectivity index (χ1) is 12.2. The van der Waals surface area contributed by atoms with Crippen molar-refractivity contribution in [3.63, 3.8) is 0 Å². The summed E-state index contributed by atoms with van der Waals surface area (Å²) in [6.45, 7) is 7.83. The van der Waals surface area contributed by atoms with Gasteiger partial charge in [-0.1, -0.05) is 48.6 Å². The molecule has 2 aromatic rings. The topological polar surface area (TPSA) is 73.4 Å². The average molecular weight is 360 g/mol. The van der Waals surface area contributed by atoms with Crippen LogP contribution < -0.4 is 15.5 Å². The molecule has 1 saturated heterocycles. The van der Waals surface area contributed by atoms with E-state index in [-0.39, 0.29) is 6.03 Å². The molecule has 0 atom stereocenters. The summed E-state index contributed by atoms with van der Waals surface area (Å²) in [7, 11) is 0. The molecule has 1 fully saturated rings. The quantitative estimate of drug-likeness (QED) is 0.825. The van der Waals surface area contributed by atoms with Gasteiger partial charge in [-0.15, -0.1) is 10.2 Å². The van der Waals surface area contributed by atoms with Crippen molar-refractivity contribution in [1.29, 1.82) is 0 Å². The summed E-state index contributed by atoms with van der Waals surface area (Å²) in [5, 5.41) is 15.3. The van der Waals surface area contributed by atoms with Crippen LogP contribution in [0.2, 0.25) is 0 Å². The number of urea groups is 1. The Balaban J connectivity index is 1.42.